The van der Waals surface area contributed by atoms with Crippen LogP contribution in [0.3, 0.4) is 0 Å². The number of allylic oxidation sites excluding steroid dienone is 2. The standard InChI is InChI=1S/C8H11N.C7H10O4S/c1-7(9)8-5-3-2-4-6-8;8-7(12(9,10)11)4-5-2-1-3-6(5)7/h2-7H,9H2,1H3;1-2,5-6,8H,3-4H2,(H,9,10,11)/t7-;5-,6-,7-/m11/s1. The van der Waals surface area contributed by atoms with E-state index in [9.17, 15) is 18.1 Å². The molecule has 0 bridgehead atoms. The summed E-state index contributed by atoms with van der Waals surface area (Å²) in [6.45, 7) is 2.09. The molecule has 0 heterocycles. The molecule has 0 unspecified atom stereocenters. The summed E-state index contributed by atoms with van der Waals surface area (Å²) in [6.07, 6.45) is 4.26. The average Bonchev–Trinajstić information content (AvgIpc) is 2.81. The van der Waals surface area contributed by atoms with Gasteiger partial charge in [-0.2, -0.15) is 0 Å². The predicted molar refractivity (Wildman–Crippen MR) is 77.7 cm³/mol. The molecule has 4 atom stereocenters. The molecule has 1 fully saturated rings. The molecule has 5 nitrogen and oxygen atoms in total. The van der Waals surface area contributed by atoms with Gasteiger partial charge in [-0.05, 0) is 25.7 Å². The van der Waals surface area contributed by atoms with Crippen LogP contribution in [0.15, 0.2) is 42.5 Å². The minimum absolute atomic E-state index is 0.0694. The quantitative estimate of drug-likeness (QED) is 0.622. The maximum atomic E-state index is 10.6. The summed E-state index contributed by atoms with van der Waals surface area (Å²) in [4.78, 5) is -1.98. The monoisotopic (exact) mass is 311 g/mol. The first-order valence-corrected chi connectivity index (χ1v) is 8.39. The summed E-state index contributed by atoms with van der Waals surface area (Å²) in [6, 6.07) is 10.7. The molecular formula is C15H21NO4S. The third-order valence-electron chi connectivity index (χ3n) is 4.20. The van der Waals surface area contributed by atoms with E-state index in [-0.39, 0.29) is 18.3 Å². The maximum Gasteiger partial charge on any atom is 0.158 e. The van der Waals surface area contributed by atoms with Crippen LogP contribution in [0.25, 0.3) is 0 Å². The molecule has 1 saturated carbocycles. The van der Waals surface area contributed by atoms with Gasteiger partial charge in [0, 0.05) is 11.5 Å². The van der Waals surface area contributed by atoms with Gasteiger partial charge in [0.25, 0.3) is 0 Å². The highest BCUT2D eigenvalue weighted by Crippen LogP contribution is 2.52. The molecule has 1 aromatic rings. The van der Waals surface area contributed by atoms with Crippen LogP contribution < -0.4 is 5.73 Å². The van der Waals surface area contributed by atoms with Gasteiger partial charge in [-0.25, -0.2) is 8.42 Å². The zero-order chi connectivity index (χ0) is 15.7. The Balaban J connectivity index is 0.000000161. The third-order valence-corrected chi connectivity index (χ3v) is 5.53. The van der Waals surface area contributed by atoms with Gasteiger partial charge >= 0.3 is 0 Å². The van der Waals surface area contributed by atoms with E-state index in [1.807, 2.05) is 30.4 Å². The van der Waals surface area contributed by atoms with Crippen LogP contribution >= 0.6 is 0 Å². The minimum Gasteiger partial charge on any atom is -0.746 e. The van der Waals surface area contributed by atoms with Crippen LogP contribution in [0.4, 0.5) is 0 Å². The normalized spacial score (nSPS) is 31.6. The topological polar surface area (TPSA) is 105 Å². The molecule has 2 aliphatic rings. The van der Waals surface area contributed by atoms with Gasteiger partial charge in [0.15, 0.2) is 4.93 Å². The van der Waals surface area contributed by atoms with E-state index in [1.165, 1.54) is 5.56 Å². The molecule has 0 aromatic heterocycles. The van der Waals surface area contributed by atoms with E-state index in [0.29, 0.717) is 12.5 Å². The molecule has 2 aliphatic carbocycles. The van der Waals surface area contributed by atoms with Crippen LogP contribution in [-0.2, 0) is 10.1 Å². The van der Waals surface area contributed by atoms with Gasteiger partial charge in [-0.15, -0.1) is 0 Å². The van der Waals surface area contributed by atoms with Gasteiger partial charge in [0.1, 0.15) is 16.2 Å². The number of fused-ring (bicyclic) bond motifs is 1. The van der Waals surface area contributed by atoms with E-state index >= 15 is 0 Å². The second-order valence-corrected chi connectivity index (χ2v) is 7.36. The Labute approximate surface area is 125 Å². The fourth-order valence-electron chi connectivity index (χ4n) is 2.84. The van der Waals surface area contributed by atoms with Crippen molar-refractivity contribution in [1.82, 2.24) is 0 Å². The van der Waals surface area contributed by atoms with E-state index in [2.05, 4.69) is 24.8 Å². The summed E-state index contributed by atoms with van der Waals surface area (Å²) < 4.78 is 31.9. The molecule has 0 spiro atoms. The van der Waals surface area contributed by atoms with Crippen molar-refractivity contribution >= 4 is 10.1 Å². The largest absolute Gasteiger partial charge is 0.746 e. The smallest absolute Gasteiger partial charge is 0.158 e. The number of aliphatic hydroxyl groups is 1. The Kier molecular flexibility index (Phi) is 4.53. The zero-order valence-electron chi connectivity index (χ0n) is 12.0. The van der Waals surface area contributed by atoms with Gasteiger partial charge in [0.2, 0.25) is 0 Å². The van der Waals surface area contributed by atoms with Crippen molar-refractivity contribution in [3.8, 4) is 0 Å². The molecule has 3 rings (SSSR count). The highest BCUT2D eigenvalue weighted by Gasteiger charge is 2.57. The minimum atomic E-state index is -4.55. The lowest BCUT2D eigenvalue weighted by Crippen LogP contribution is -2.57. The number of benzene rings is 1. The number of quaternary nitrogens is 1. The van der Waals surface area contributed by atoms with E-state index in [4.69, 9.17) is 0 Å². The van der Waals surface area contributed by atoms with Crippen LogP contribution in [0.2, 0.25) is 0 Å². The number of hydrogen-bond donors (Lipinski definition) is 2. The second kappa shape index (κ2) is 5.88. The third kappa shape index (κ3) is 3.18. The zero-order valence-corrected chi connectivity index (χ0v) is 12.8. The SMILES string of the molecule is C[C@@H]([NH3+])c1ccccc1.O=S(=O)([O-])[C@]1(O)C[C@H]2C=CC[C@H]21. The lowest BCUT2D eigenvalue weighted by molar-refractivity contribution is -0.420. The highest BCUT2D eigenvalue weighted by molar-refractivity contribution is 7.87. The first-order valence-electron chi connectivity index (χ1n) is 6.98. The summed E-state index contributed by atoms with van der Waals surface area (Å²) in [5.74, 6) is -0.293. The molecule has 0 radical (unpaired) electrons. The molecule has 0 saturated heterocycles. The van der Waals surface area contributed by atoms with E-state index < -0.39 is 15.1 Å². The van der Waals surface area contributed by atoms with Crippen LogP contribution in [0.5, 0.6) is 0 Å². The first-order chi connectivity index (χ1) is 9.75. The molecule has 0 amide bonds. The van der Waals surface area contributed by atoms with Crippen LogP contribution in [-0.4, -0.2) is 23.0 Å². The summed E-state index contributed by atoms with van der Waals surface area (Å²) >= 11 is 0. The first kappa shape index (κ1) is 16.2. The molecule has 21 heavy (non-hydrogen) atoms. The molecule has 4 N–H and O–H groups in total. The Morgan fingerprint density at radius 2 is 2.00 bits per heavy atom. The van der Waals surface area contributed by atoms with Crippen molar-refractivity contribution in [1.29, 1.82) is 0 Å². The summed E-state index contributed by atoms with van der Waals surface area (Å²) in [5.41, 5.74) is 5.21. The molecule has 6 heteroatoms. The molecule has 1 aromatic carbocycles. The van der Waals surface area contributed by atoms with Gasteiger partial charge < -0.3 is 15.4 Å². The molecule has 0 aliphatic heterocycles. The van der Waals surface area contributed by atoms with E-state index in [1.54, 1.807) is 0 Å². The summed E-state index contributed by atoms with van der Waals surface area (Å²) in [5, 5.41) is 9.48. The highest BCUT2D eigenvalue weighted by atomic mass is 32.2. The van der Waals surface area contributed by atoms with Gasteiger partial charge in [-0.3, -0.25) is 0 Å². The molecular weight excluding hydrogens is 290 g/mol. The summed E-state index contributed by atoms with van der Waals surface area (Å²) in [7, 11) is -4.55. The van der Waals surface area contributed by atoms with Crippen molar-refractivity contribution in [2.45, 2.75) is 30.7 Å². The van der Waals surface area contributed by atoms with Crippen LogP contribution in [0.1, 0.15) is 31.4 Å². The van der Waals surface area contributed by atoms with Crippen LogP contribution in [0, 0.1) is 11.8 Å². The van der Waals surface area contributed by atoms with Crippen molar-refractivity contribution in [2.24, 2.45) is 11.8 Å². The Morgan fingerprint density at radius 1 is 1.38 bits per heavy atom. The average molecular weight is 311 g/mol. The number of hydrogen-bond acceptors (Lipinski definition) is 4. The Morgan fingerprint density at radius 3 is 2.43 bits per heavy atom. The van der Waals surface area contributed by atoms with Crippen molar-refractivity contribution in [3.05, 3.63) is 48.0 Å². The maximum absolute atomic E-state index is 10.6. The van der Waals surface area contributed by atoms with Crippen molar-refractivity contribution in [3.63, 3.8) is 0 Å². The second-order valence-electron chi connectivity index (χ2n) is 5.75. The Bertz CT molecular complexity index is 612. The van der Waals surface area contributed by atoms with Crippen molar-refractivity contribution in [2.75, 3.05) is 0 Å². The van der Waals surface area contributed by atoms with E-state index in [0.717, 1.165) is 0 Å². The fourth-order valence-corrected chi connectivity index (χ4v) is 3.87. The lowest BCUT2D eigenvalue weighted by atomic mass is 9.72. The fraction of sp³-hybridized carbons (Fsp3) is 0.467. The van der Waals surface area contributed by atoms with Gasteiger partial charge in [-0.1, -0.05) is 42.5 Å². The Hall–Kier alpha value is -1.21. The lowest BCUT2D eigenvalue weighted by Gasteiger charge is -2.49. The molecule has 116 valence electrons. The predicted octanol–water partition coefficient (Wildman–Crippen LogP) is 0.806. The number of rotatable bonds is 2. The van der Waals surface area contributed by atoms with Crippen molar-refractivity contribution < 1.29 is 23.8 Å². The van der Waals surface area contributed by atoms with Gasteiger partial charge in [0.05, 0.1) is 0 Å².